The Hall–Kier alpha value is -1.16. The molecular formula is C11H17N3S. The van der Waals surface area contributed by atoms with Gasteiger partial charge in [-0.2, -0.15) is 0 Å². The largest absolute Gasteiger partial charge is 0.388 e. The molecule has 0 fully saturated rings. The molecule has 15 heavy (non-hydrogen) atoms. The van der Waals surface area contributed by atoms with Crippen LogP contribution in [0.15, 0.2) is 18.3 Å². The highest BCUT2D eigenvalue weighted by atomic mass is 32.1. The van der Waals surface area contributed by atoms with Gasteiger partial charge in [0.1, 0.15) is 10.7 Å². The lowest BCUT2D eigenvalue weighted by Crippen LogP contribution is -2.30. The van der Waals surface area contributed by atoms with Crippen LogP contribution >= 0.6 is 12.2 Å². The molecular weight excluding hydrogens is 206 g/mol. The van der Waals surface area contributed by atoms with Crippen molar-refractivity contribution >= 4 is 22.9 Å². The van der Waals surface area contributed by atoms with Gasteiger partial charge in [-0.1, -0.05) is 19.1 Å². The maximum Gasteiger partial charge on any atom is 0.124 e. The zero-order valence-electron chi connectivity index (χ0n) is 9.40. The standard InChI is InChI=1S/C11H17N3S/c1-4-8(2)14(3)9-6-5-7-13-10(9)11(12)15/h5-8H,4H2,1-3H3,(H2,12,15). The Kier molecular flexibility index (Phi) is 4.03. The van der Waals surface area contributed by atoms with E-state index in [1.807, 2.05) is 19.2 Å². The lowest BCUT2D eigenvalue weighted by atomic mass is 10.2. The molecule has 82 valence electrons. The second-order valence-corrected chi connectivity index (χ2v) is 4.04. The van der Waals surface area contributed by atoms with Gasteiger partial charge in [-0.15, -0.1) is 0 Å². The molecule has 1 heterocycles. The summed E-state index contributed by atoms with van der Waals surface area (Å²) in [5.74, 6) is 0. The van der Waals surface area contributed by atoms with E-state index in [0.29, 0.717) is 16.7 Å². The van der Waals surface area contributed by atoms with Crippen LogP contribution in [0.1, 0.15) is 26.0 Å². The maximum atomic E-state index is 5.64. The monoisotopic (exact) mass is 223 g/mol. The van der Waals surface area contributed by atoms with Gasteiger partial charge < -0.3 is 10.6 Å². The van der Waals surface area contributed by atoms with Crippen LogP contribution in [-0.4, -0.2) is 23.1 Å². The molecule has 4 heteroatoms. The number of thiocarbonyl (C=S) groups is 1. The van der Waals surface area contributed by atoms with Crippen LogP contribution in [0, 0.1) is 0 Å². The summed E-state index contributed by atoms with van der Waals surface area (Å²) in [7, 11) is 2.03. The van der Waals surface area contributed by atoms with Gasteiger partial charge >= 0.3 is 0 Å². The number of hydrogen-bond acceptors (Lipinski definition) is 3. The zero-order valence-corrected chi connectivity index (χ0v) is 10.2. The molecule has 0 amide bonds. The van der Waals surface area contributed by atoms with Crippen LogP contribution in [0.2, 0.25) is 0 Å². The van der Waals surface area contributed by atoms with Gasteiger partial charge in [-0.25, -0.2) is 0 Å². The normalized spacial score (nSPS) is 12.2. The summed E-state index contributed by atoms with van der Waals surface area (Å²) < 4.78 is 0. The molecule has 0 aliphatic rings. The lowest BCUT2D eigenvalue weighted by molar-refractivity contribution is 0.662. The molecule has 0 aliphatic carbocycles. The Morgan fingerprint density at radius 2 is 2.33 bits per heavy atom. The van der Waals surface area contributed by atoms with E-state index in [-0.39, 0.29) is 0 Å². The summed E-state index contributed by atoms with van der Waals surface area (Å²) >= 11 is 4.98. The first-order valence-corrected chi connectivity index (χ1v) is 5.46. The molecule has 0 aliphatic heterocycles. The minimum Gasteiger partial charge on any atom is -0.388 e. The maximum absolute atomic E-state index is 5.64. The number of nitrogens with two attached hydrogens (primary N) is 1. The third-order valence-electron chi connectivity index (χ3n) is 2.65. The lowest BCUT2D eigenvalue weighted by Gasteiger charge is -2.27. The summed E-state index contributed by atoms with van der Waals surface area (Å²) in [6.07, 6.45) is 2.78. The zero-order chi connectivity index (χ0) is 11.4. The SMILES string of the molecule is CCC(C)N(C)c1cccnc1C(N)=S. The molecule has 1 unspecified atom stereocenters. The van der Waals surface area contributed by atoms with Crippen molar-refractivity contribution in [3.8, 4) is 0 Å². The highest BCUT2D eigenvalue weighted by Crippen LogP contribution is 2.19. The summed E-state index contributed by atoms with van der Waals surface area (Å²) in [6, 6.07) is 4.34. The van der Waals surface area contributed by atoms with E-state index in [9.17, 15) is 0 Å². The van der Waals surface area contributed by atoms with E-state index in [4.69, 9.17) is 18.0 Å². The number of aromatic nitrogens is 1. The number of hydrogen-bond donors (Lipinski definition) is 1. The summed E-state index contributed by atoms with van der Waals surface area (Å²) in [5, 5.41) is 0. The first kappa shape index (κ1) is 11.9. The average Bonchev–Trinajstić information content (AvgIpc) is 2.27. The van der Waals surface area contributed by atoms with E-state index in [1.165, 1.54) is 0 Å². The molecule has 1 aromatic heterocycles. The smallest absolute Gasteiger partial charge is 0.124 e. The van der Waals surface area contributed by atoms with Crippen LogP contribution < -0.4 is 10.6 Å². The highest BCUT2D eigenvalue weighted by molar-refractivity contribution is 7.80. The molecule has 0 spiro atoms. The second kappa shape index (κ2) is 5.07. The van der Waals surface area contributed by atoms with E-state index >= 15 is 0 Å². The molecule has 1 rings (SSSR count). The third-order valence-corrected chi connectivity index (χ3v) is 2.85. The van der Waals surface area contributed by atoms with Crippen LogP contribution in [0.4, 0.5) is 5.69 Å². The molecule has 2 N–H and O–H groups in total. The van der Waals surface area contributed by atoms with Crippen LogP contribution in [-0.2, 0) is 0 Å². The van der Waals surface area contributed by atoms with Crippen molar-refractivity contribution in [1.82, 2.24) is 4.98 Å². The molecule has 0 aromatic carbocycles. The van der Waals surface area contributed by atoms with Crippen molar-refractivity contribution in [1.29, 1.82) is 0 Å². The van der Waals surface area contributed by atoms with Gasteiger partial charge in [0.2, 0.25) is 0 Å². The summed E-state index contributed by atoms with van der Waals surface area (Å²) in [5.41, 5.74) is 7.34. The fourth-order valence-electron chi connectivity index (χ4n) is 1.38. The predicted molar refractivity (Wildman–Crippen MR) is 68.3 cm³/mol. The number of rotatable bonds is 4. The first-order valence-electron chi connectivity index (χ1n) is 5.05. The van der Waals surface area contributed by atoms with E-state index < -0.39 is 0 Å². The first-order chi connectivity index (χ1) is 7.07. The fourth-order valence-corrected chi connectivity index (χ4v) is 1.54. The molecule has 0 bridgehead atoms. The summed E-state index contributed by atoms with van der Waals surface area (Å²) in [4.78, 5) is 6.71. The molecule has 0 radical (unpaired) electrons. The minimum absolute atomic E-state index is 0.348. The average molecular weight is 223 g/mol. The highest BCUT2D eigenvalue weighted by Gasteiger charge is 2.13. The van der Waals surface area contributed by atoms with Gasteiger partial charge in [0.15, 0.2) is 0 Å². The Morgan fingerprint density at radius 3 is 2.87 bits per heavy atom. The molecule has 0 saturated heterocycles. The van der Waals surface area contributed by atoms with E-state index in [1.54, 1.807) is 6.20 Å². The van der Waals surface area contributed by atoms with Crippen molar-refractivity contribution in [2.24, 2.45) is 5.73 Å². The van der Waals surface area contributed by atoms with Crippen molar-refractivity contribution in [2.75, 3.05) is 11.9 Å². The van der Waals surface area contributed by atoms with Gasteiger partial charge in [0.05, 0.1) is 5.69 Å². The van der Waals surface area contributed by atoms with Crippen molar-refractivity contribution in [3.05, 3.63) is 24.0 Å². The predicted octanol–water partition coefficient (Wildman–Crippen LogP) is 1.95. The Bertz CT molecular complexity index is 351. The Labute approximate surface area is 96.3 Å². The third kappa shape index (κ3) is 2.65. The van der Waals surface area contributed by atoms with Crippen LogP contribution in [0.25, 0.3) is 0 Å². The number of pyridine rings is 1. The van der Waals surface area contributed by atoms with Crippen molar-refractivity contribution in [3.63, 3.8) is 0 Å². The number of anilines is 1. The van der Waals surface area contributed by atoms with E-state index in [2.05, 4.69) is 23.7 Å². The topological polar surface area (TPSA) is 42.2 Å². The van der Waals surface area contributed by atoms with Crippen LogP contribution in [0.3, 0.4) is 0 Å². The molecule has 3 nitrogen and oxygen atoms in total. The molecule has 1 atom stereocenters. The van der Waals surface area contributed by atoms with Gasteiger partial charge in [-0.3, -0.25) is 4.98 Å². The molecule has 0 saturated carbocycles. The number of nitrogens with zero attached hydrogens (tertiary/aromatic N) is 2. The second-order valence-electron chi connectivity index (χ2n) is 3.60. The molecule has 1 aromatic rings. The van der Waals surface area contributed by atoms with Crippen molar-refractivity contribution in [2.45, 2.75) is 26.3 Å². The van der Waals surface area contributed by atoms with E-state index in [0.717, 1.165) is 12.1 Å². The van der Waals surface area contributed by atoms with Crippen LogP contribution in [0.5, 0.6) is 0 Å². The summed E-state index contributed by atoms with van der Waals surface area (Å²) in [6.45, 7) is 4.31. The fraction of sp³-hybridized carbons (Fsp3) is 0.455. The Morgan fingerprint density at radius 1 is 1.67 bits per heavy atom. The van der Waals surface area contributed by atoms with Gasteiger partial charge in [0.25, 0.3) is 0 Å². The minimum atomic E-state index is 0.348. The van der Waals surface area contributed by atoms with Crippen molar-refractivity contribution < 1.29 is 0 Å². The Balaban J connectivity index is 3.07. The van der Waals surface area contributed by atoms with Gasteiger partial charge in [-0.05, 0) is 25.5 Å². The quantitative estimate of drug-likeness (QED) is 0.792. The van der Waals surface area contributed by atoms with Gasteiger partial charge in [0, 0.05) is 19.3 Å².